The number of hydrogen-bond acceptors (Lipinski definition) is 6. The maximum absolute atomic E-state index is 15.1. The molecule has 0 atom stereocenters. The summed E-state index contributed by atoms with van der Waals surface area (Å²) in [5.74, 6) is -1.37. The van der Waals surface area contributed by atoms with E-state index in [4.69, 9.17) is 16.3 Å². The van der Waals surface area contributed by atoms with Crippen LogP contribution in [-0.2, 0) is 11.2 Å². The van der Waals surface area contributed by atoms with E-state index in [0.717, 1.165) is 17.0 Å². The molecule has 0 saturated carbocycles. The topological polar surface area (TPSA) is 77.0 Å². The number of rotatable bonds is 11. The highest BCUT2D eigenvalue weighted by Crippen LogP contribution is 2.26. The number of methoxy groups -OCH3 is 1. The Bertz CT molecular complexity index is 1210. The lowest BCUT2D eigenvalue weighted by Crippen LogP contribution is -2.15. The van der Waals surface area contributed by atoms with Crippen molar-refractivity contribution in [3.8, 4) is 0 Å². The summed E-state index contributed by atoms with van der Waals surface area (Å²) in [6.07, 6.45) is 12.9. The van der Waals surface area contributed by atoms with Crippen LogP contribution in [0, 0.1) is 0 Å². The number of halogens is 2. The highest BCUT2D eigenvalue weighted by atomic mass is 35.5. The average Bonchev–Trinajstić information content (AvgIpc) is 3.30. The monoisotopic (exact) mass is 514 g/mol. The van der Waals surface area contributed by atoms with Crippen LogP contribution in [0.25, 0.3) is 5.83 Å². The number of ether oxygens (including phenoxy) is 1. The lowest BCUT2D eigenvalue weighted by Gasteiger charge is -2.08. The minimum Gasteiger partial charge on any atom is -0.494 e. The summed E-state index contributed by atoms with van der Waals surface area (Å²) >= 11 is 7.31. The number of anilines is 1. The van der Waals surface area contributed by atoms with Gasteiger partial charge in [-0.15, -0.1) is 10.2 Å². The largest absolute Gasteiger partial charge is 0.494 e. The lowest BCUT2D eigenvalue weighted by atomic mass is 10.0. The van der Waals surface area contributed by atoms with Gasteiger partial charge in [-0.3, -0.25) is 15.1 Å². The summed E-state index contributed by atoms with van der Waals surface area (Å²) < 4.78 is 20.2. The van der Waals surface area contributed by atoms with Gasteiger partial charge >= 0.3 is 0 Å². The van der Waals surface area contributed by atoms with Crippen LogP contribution >= 0.6 is 22.9 Å². The van der Waals surface area contributed by atoms with Crippen LogP contribution in [0.15, 0.2) is 83.3 Å². The molecule has 0 aromatic carbocycles. The van der Waals surface area contributed by atoms with E-state index in [9.17, 15) is 4.79 Å². The van der Waals surface area contributed by atoms with Gasteiger partial charge in [0.2, 0.25) is 5.13 Å². The second-order valence-electron chi connectivity index (χ2n) is 7.36. The van der Waals surface area contributed by atoms with Gasteiger partial charge in [0.25, 0.3) is 5.91 Å². The standard InChI is InChI=1S/C26H28ClFN4O2S/c1-6-8-11-21(34-5)23(28)20-10-9-16-29-24(20)25(33)30-26-32-31-22(35-26)15-13-18(17(3)4)12-14-19(27)7-2/h6-12,14,16H,1,13,15H2,2-5H3,(H,30,32,33)/b11-8-,14-12-,19-7+,23-21+. The van der Waals surface area contributed by atoms with Gasteiger partial charge < -0.3 is 4.74 Å². The number of aromatic nitrogens is 3. The highest BCUT2D eigenvalue weighted by Gasteiger charge is 2.20. The minimum atomic E-state index is -0.720. The molecule has 2 rings (SSSR count). The zero-order chi connectivity index (χ0) is 25.8. The first-order valence-corrected chi connectivity index (χ1v) is 12.0. The molecule has 9 heteroatoms. The smallest absolute Gasteiger partial charge is 0.276 e. The molecule has 184 valence electrons. The summed E-state index contributed by atoms with van der Waals surface area (Å²) in [4.78, 5) is 16.9. The van der Waals surface area contributed by atoms with Crippen molar-refractivity contribution in [2.75, 3.05) is 12.4 Å². The van der Waals surface area contributed by atoms with Crippen LogP contribution in [0.2, 0.25) is 0 Å². The molecule has 0 bridgehead atoms. The maximum atomic E-state index is 15.1. The number of carbonyl (C=O) groups excluding carboxylic acids is 1. The maximum Gasteiger partial charge on any atom is 0.276 e. The first kappa shape index (κ1) is 27.9. The molecule has 6 nitrogen and oxygen atoms in total. The predicted molar refractivity (Wildman–Crippen MR) is 142 cm³/mol. The molecule has 0 aliphatic rings. The van der Waals surface area contributed by atoms with Crippen LogP contribution in [0.5, 0.6) is 0 Å². The summed E-state index contributed by atoms with van der Waals surface area (Å²) in [5, 5.41) is 12.6. The molecule has 0 unspecified atom stereocenters. The second-order valence-corrected chi connectivity index (χ2v) is 8.86. The Morgan fingerprint density at radius 1 is 1.29 bits per heavy atom. The Morgan fingerprint density at radius 3 is 2.71 bits per heavy atom. The third-order valence-corrected chi connectivity index (χ3v) is 5.98. The van der Waals surface area contributed by atoms with Crippen LogP contribution in [0.1, 0.15) is 48.3 Å². The van der Waals surface area contributed by atoms with Crippen molar-refractivity contribution in [1.29, 1.82) is 0 Å². The van der Waals surface area contributed by atoms with Gasteiger partial charge in [-0.25, -0.2) is 4.39 Å². The normalized spacial score (nSPS) is 12.6. The first-order valence-electron chi connectivity index (χ1n) is 10.8. The first-order chi connectivity index (χ1) is 16.8. The van der Waals surface area contributed by atoms with Crippen LogP contribution in [0.3, 0.4) is 0 Å². The van der Waals surface area contributed by atoms with Crippen molar-refractivity contribution in [2.24, 2.45) is 0 Å². The molecule has 0 fully saturated rings. The van der Waals surface area contributed by atoms with Crippen molar-refractivity contribution < 1.29 is 13.9 Å². The highest BCUT2D eigenvalue weighted by molar-refractivity contribution is 7.15. The van der Waals surface area contributed by atoms with Gasteiger partial charge in [-0.2, -0.15) is 0 Å². The van der Waals surface area contributed by atoms with E-state index >= 15 is 4.39 Å². The van der Waals surface area contributed by atoms with Crippen molar-refractivity contribution in [1.82, 2.24) is 15.2 Å². The number of carbonyl (C=O) groups is 1. The second kappa shape index (κ2) is 14.1. The fourth-order valence-electron chi connectivity index (χ4n) is 2.86. The molecule has 0 spiro atoms. The molecule has 35 heavy (non-hydrogen) atoms. The molecule has 0 saturated heterocycles. The zero-order valence-corrected chi connectivity index (χ0v) is 21.7. The Morgan fingerprint density at radius 2 is 2.06 bits per heavy atom. The quantitative estimate of drug-likeness (QED) is 0.254. The molecular formula is C26H28ClFN4O2S. The van der Waals surface area contributed by atoms with Gasteiger partial charge in [-0.1, -0.05) is 59.4 Å². The van der Waals surface area contributed by atoms with Gasteiger partial charge in [0, 0.05) is 23.2 Å². The number of allylic oxidation sites excluding steroid dienone is 9. The summed E-state index contributed by atoms with van der Waals surface area (Å²) in [7, 11) is 1.34. The summed E-state index contributed by atoms with van der Waals surface area (Å²) in [5.41, 5.74) is 2.22. The zero-order valence-electron chi connectivity index (χ0n) is 20.1. The third kappa shape index (κ3) is 8.42. The van der Waals surface area contributed by atoms with Crippen LogP contribution < -0.4 is 5.32 Å². The van der Waals surface area contributed by atoms with Gasteiger partial charge in [-0.05, 0) is 57.0 Å². The number of nitrogens with one attached hydrogen (secondary N) is 1. The van der Waals surface area contributed by atoms with E-state index in [1.807, 2.05) is 39.0 Å². The fraction of sp³-hybridized carbons (Fsp3) is 0.231. The van der Waals surface area contributed by atoms with Crippen molar-refractivity contribution in [2.45, 2.75) is 33.6 Å². The number of nitrogens with zero attached hydrogens (tertiary/aromatic N) is 3. The minimum absolute atomic E-state index is 0.0000721. The Hall–Kier alpha value is -3.36. The van der Waals surface area contributed by atoms with E-state index < -0.39 is 11.7 Å². The van der Waals surface area contributed by atoms with Crippen molar-refractivity contribution in [3.63, 3.8) is 0 Å². The molecule has 2 heterocycles. The summed E-state index contributed by atoms with van der Waals surface area (Å²) in [6, 6.07) is 3.00. The van der Waals surface area contributed by atoms with E-state index in [1.54, 1.807) is 0 Å². The van der Waals surface area contributed by atoms with E-state index in [1.165, 1.54) is 60.6 Å². The van der Waals surface area contributed by atoms with E-state index in [2.05, 4.69) is 27.1 Å². The molecule has 0 aliphatic carbocycles. The number of amides is 1. The molecule has 1 amide bonds. The summed E-state index contributed by atoms with van der Waals surface area (Å²) in [6.45, 7) is 9.51. The number of hydrogen-bond donors (Lipinski definition) is 1. The molecular weight excluding hydrogens is 487 g/mol. The van der Waals surface area contributed by atoms with Gasteiger partial charge in [0.1, 0.15) is 10.7 Å². The van der Waals surface area contributed by atoms with E-state index in [-0.39, 0.29) is 17.0 Å². The fourth-order valence-corrected chi connectivity index (χ4v) is 3.66. The molecule has 0 aliphatic heterocycles. The molecule has 2 aromatic rings. The predicted octanol–water partition coefficient (Wildman–Crippen LogP) is 7.18. The average molecular weight is 515 g/mol. The third-order valence-electron chi connectivity index (χ3n) is 4.74. The van der Waals surface area contributed by atoms with Gasteiger partial charge in [0.15, 0.2) is 11.6 Å². The number of aryl methyl sites for hydroxylation is 1. The van der Waals surface area contributed by atoms with E-state index in [0.29, 0.717) is 16.6 Å². The Labute approximate surface area is 214 Å². The molecule has 2 aromatic heterocycles. The molecule has 0 radical (unpaired) electrons. The van der Waals surface area contributed by atoms with Crippen LogP contribution in [-0.4, -0.2) is 28.2 Å². The number of pyridine rings is 1. The lowest BCUT2D eigenvalue weighted by molar-refractivity contribution is 0.102. The van der Waals surface area contributed by atoms with Crippen LogP contribution in [0.4, 0.5) is 9.52 Å². The Kier molecular flexibility index (Phi) is 11.3. The molecule has 1 N–H and O–H groups in total. The van der Waals surface area contributed by atoms with Crippen molar-refractivity contribution >= 4 is 39.8 Å². The Balaban J connectivity index is 2.17. The SMILES string of the molecule is C=C/C=C\C(OC)=C(/F)c1cccnc1C(=O)Nc1nnc(CCC(/C=C\C(Cl)=C/C)=C(C)C)s1. The van der Waals surface area contributed by atoms with Gasteiger partial charge in [0.05, 0.1) is 7.11 Å². The van der Waals surface area contributed by atoms with Crippen molar-refractivity contribution in [3.05, 3.63) is 99.6 Å².